The summed E-state index contributed by atoms with van der Waals surface area (Å²) in [6.45, 7) is 6.57. The standard InChI is InChI=1S/C30H35N6O5/c37-29-27(32-15-19-40-20-16-32)3-1-13-34(29)24-7-5-23(6-8-24)31-36(39)26-11-9-25(10-12-26)35-14-2-4-28(30(35)38)33-17-21-41-22-18-33/h3-12H,1-2,13-22H2,(H,31,39)/q+1. The molecule has 0 atom stereocenters. The average Bonchev–Trinajstić information content (AvgIpc) is 3.03. The molecule has 0 unspecified atom stereocenters. The summed E-state index contributed by atoms with van der Waals surface area (Å²) in [6.07, 6.45) is 5.59. The van der Waals surface area contributed by atoms with E-state index in [0.717, 1.165) is 48.7 Å². The molecule has 4 aliphatic heterocycles. The zero-order chi connectivity index (χ0) is 28.2. The molecule has 2 aromatic carbocycles. The van der Waals surface area contributed by atoms with Crippen LogP contribution in [0.2, 0.25) is 0 Å². The van der Waals surface area contributed by atoms with E-state index in [-0.39, 0.29) is 11.8 Å². The lowest BCUT2D eigenvalue weighted by atomic mass is 10.1. The molecule has 0 spiro atoms. The lowest BCUT2D eigenvalue weighted by Gasteiger charge is -2.35. The van der Waals surface area contributed by atoms with E-state index in [4.69, 9.17) is 9.47 Å². The van der Waals surface area contributed by atoms with Gasteiger partial charge in [-0.15, -0.1) is 5.43 Å². The van der Waals surface area contributed by atoms with Gasteiger partial charge in [-0.3, -0.25) is 9.59 Å². The van der Waals surface area contributed by atoms with Crippen LogP contribution in [0.1, 0.15) is 12.8 Å². The van der Waals surface area contributed by atoms with E-state index < -0.39 is 0 Å². The fraction of sp³-hybridized carbons (Fsp3) is 0.400. The minimum Gasteiger partial charge on any atom is -0.378 e. The fourth-order valence-corrected chi connectivity index (χ4v) is 5.61. The first-order valence-electron chi connectivity index (χ1n) is 14.2. The van der Waals surface area contributed by atoms with Crippen molar-refractivity contribution in [3.05, 3.63) is 77.0 Å². The van der Waals surface area contributed by atoms with Crippen LogP contribution in [0, 0.1) is 4.91 Å². The van der Waals surface area contributed by atoms with E-state index in [1.54, 1.807) is 46.2 Å². The largest absolute Gasteiger partial charge is 0.378 e. The summed E-state index contributed by atoms with van der Waals surface area (Å²) < 4.78 is 10.8. The minimum atomic E-state index is -0.0252. The van der Waals surface area contributed by atoms with Gasteiger partial charge in [-0.25, -0.2) is 0 Å². The SMILES string of the molecule is O=C1C(N2CCOCC2)=CCCN1c1ccc(N[N+](=O)c2ccc(N3CCC=C(N4CCOCC4)C3=O)cc2)cc1. The van der Waals surface area contributed by atoms with Crippen molar-refractivity contribution in [2.75, 3.05) is 80.9 Å². The van der Waals surface area contributed by atoms with Crippen LogP contribution in [0.3, 0.4) is 0 Å². The van der Waals surface area contributed by atoms with Crippen molar-refractivity contribution in [1.29, 1.82) is 0 Å². The van der Waals surface area contributed by atoms with Crippen molar-refractivity contribution in [1.82, 2.24) is 9.80 Å². The zero-order valence-electron chi connectivity index (χ0n) is 23.0. The van der Waals surface area contributed by atoms with Crippen LogP contribution >= 0.6 is 0 Å². The first kappa shape index (κ1) is 27.0. The van der Waals surface area contributed by atoms with E-state index in [0.29, 0.717) is 68.9 Å². The van der Waals surface area contributed by atoms with Crippen LogP contribution in [0.25, 0.3) is 0 Å². The molecule has 41 heavy (non-hydrogen) atoms. The topological polar surface area (TPSA) is 97.7 Å². The number of nitrogens with one attached hydrogen (secondary N) is 1. The molecule has 2 fully saturated rings. The van der Waals surface area contributed by atoms with Crippen molar-refractivity contribution in [3.8, 4) is 0 Å². The van der Waals surface area contributed by atoms with Gasteiger partial charge in [0.25, 0.3) is 17.5 Å². The van der Waals surface area contributed by atoms with Crippen LogP contribution in [-0.2, 0) is 19.1 Å². The Bertz CT molecular complexity index is 1340. The molecule has 0 bridgehead atoms. The average molecular weight is 560 g/mol. The van der Waals surface area contributed by atoms with Gasteiger partial charge in [-0.2, -0.15) is 0 Å². The summed E-state index contributed by atoms with van der Waals surface area (Å²) in [5.74, 6) is -0.0352. The Labute approximate surface area is 239 Å². The summed E-state index contributed by atoms with van der Waals surface area (Å²) in [5.41, 5.74) is 6.87. The number of benzene rings is 2. The molecule has 214 valence electrons. The second-order valence-electron chi connectivity index (χ2n) is 10.3. The minimum absolute atomic E-state index is 0.0101. The maximum atomic E-state index is 13.2. The van der Waals surface area contributed by atoms with E-state index in [1.807, 2.05) is 24.3 Å². The van der Waals surface area contributed by atoms with Crippen molar-refractivity contribution in [2.45, 2.75) is 12.8 Å². The number of morpholine rings is 2. The highest BCUT2D eigenvalue weighted by Gasteiger charge is 2.30. The van der Waals surface area contributed by atoms with Gasteiger partial charge in [-0.1, -0.05) is 12.2 Å². The third-order valence-electron chi connectivity index (χ3n) is 7.82. The van der Waals surface area contributed by atoms with Crippen molar-refractivity contribution in [2.24, 2.45) is 0 Å². The Kier molecular flexibility index (Phi) is 7.97. The first-order chi connectivity index (χ1) is 20.1. The molecular weight excluding hydrogens is 524 g/mol. The zero-order valence-corrected chi connectivity index (χ0v) is 23.0. The van der Waals surface area contributed by atoms with E-state index in [2.05, 4.69) is 15.2 Å². The van der Waals surface area contributed by atoms with Crippen molar-refractivity contribution < 1.29 is 23.9 Å². The van der Waals surface area contributed by atoms with E-state index >= 15 is 0 Å². The van der Waals surface area contributed by atoms with Gasteiger partial charge in [0.05, 0.1) is 42.7 Å². The fourth-order valence-electron chi connectivity index (χ4n) is 5.61. The number of nitrogens with zero attached hydrogens (tertiary/aromatic N) is 5. The smallest absolute Gasteiger partial charge is 0.292 e. The third kappa shape index (κ3) is 5.82. The second-order valence-corrected chi connectivity index (χ2v) is 10.3. The molecule has 0 aromatic heterocycles. The van der Waals surface area contributed by atoms with Gasteiger partial charge >= 0.3 is 0 Å². The molecule has 11 nitrogen and oxygen atoms in total. The van der Waals surface area contributed by atoms with E-state index in [9.17, 15) is 14.5 Å². The second kappa shape index (κ2) is 12.1. The Morgan fingerprint density at radius 2 is 1.05 bits per heavy atom. The molecule has 1 N–H and O–H groups in total. The molecule has 4 aliphatic rings. The maximum absolute atomic E-state index is 13.2. The molecule has 11 heteroatoms. The molecule has 2 amide bonds. The number of hydrazine groups is 1. The van der Waals surface area contributed by atoms with E-state index in [1.165, 1.54) is 0 Å². The predicted molar refractivity (Wildman–Crippen MR) is 155 cm³/mol. The number of carbonyl (C=O) groups is 2. The van der Waals surface area contributed by atoms with Crippen LogP contribution in [-0.4, -0.2) is 92.2 Å². The summed E-state index contributed by atoms with van der Waals surface area (Å²) in [6, 6.07) is 14.3. The van der Waals surface area contributed by atoms with Gasteiger partial charge in [0.2, 0.25) is 0 Å². The molecule has 4 heterocycles. The number of ether oxygens (including phenoxy) is 2. The number of rotatable bonds is 7. The lowest BCUT2D eigenvalue weighted by molar-refractivity contribution is -0.427. The molecule has 2 saturated heterocycles. The van der Waals surface area contributed by atoms with Gasteiger partial charge in [-0.05, 0) is 49.2 Å². The third-order valence-corrected chi connectivity index (χ3v) is 7.82. The number of hydrogen-bond donors (Lipinski definition) is 1. The Morgan fingerprint density at radius 3 is 1.51 bits per heavy atom. The van der Waals surface area contributed by atoms with Crippen molar-refractivity contribution >= 4 is 34.6 Å². The van der Waals surface area contributed by atoms with Gasteiger partial charge < -0.3 is 29.1 Å². The van der Waals surface area contributed by atoms with Crippen LogP contribution < -0.4 is 15.2 Å². The first-order valence-corrected chi connectivity index (χ1v) is 14.2. The predicted octanol–water partition coefficient (Wildman–Crippen LogP) is 3.03. The molecule has 6 rings (SSSR count). The van der Waals surface area contributed by atoms with Crippen LogP contribution in [0.5, 0.6) is 0 Å². The number of nitroso groups, excluding NO2 is 1. The number of carbonyl (C=O) groups excluding carboxylic acids is 2. The molecule has 2 aromatic rings. The Morgan fingerprint density at radius 1 is 0.610 bits per heavy atom. The summed E-state index contributed by atoms with van der Waals surface area (Å²) >= 11 is 0. The normalized spacial score (nSPS) is 20.1. The van der Waals surface area contributed by atoms with Crippen LogP contribution in [0.15, 0.2) is 72.1 Å². The molecule has 0 saturated carbocycles. The highest BCUT2D eigenvalue weighted by Crippen LogP contribution is 2.28. The van der Waals surface area contributed by atoms with Gasteiger partial charge in [0.1, 0.15) is 5.69 Å². The Hall–Kier alpha value is -4.22. The highest BCUT2D eigenvalue weighted by atomic mass is 16.5. The number of amides is 2. The molecular formula is C30H35N6O5+. The summed E-state index contributed by atoms with van der Waals surface area (Å²) in [7, 11) is 0. The number of anilines is 3. The number of hydrogen-bond acceptors (Lipinski definition) is 7. The van der Waals surface area contributed by atoms with Gasteiger partial charge in [0, 0.05) is 62.8 Å². The molecule has 0 radical (unpaired) electrons. The van der Waals surface area contributed by atoms with Crippen LogP contribution in [0.4, 0.5) is 22.7 Å². The monoisotopic (exact) mass is 559 g/mol. The summed E-state index contributed by atoms with van der Waals surface area (Å²) in [5, 5.41) is 0. The summed E-state index contributed by atoms with van der Waals surface area (Å²) in [4.78, 5) is 47.7. The lowest BCUT2D eigenvalue weighted by Crippen LogP contribution is -2.45. The quantitative estimate of drug-likeness (QED) is 0.409. The van der Waals surface area contributed by atoms with Gasteiger partial charge in [0.15, 0.2) is 4.87 Å². The Balaban J connectivity index is 1.07. The highest BCUT2D eigenvalue weighted by molar-refractivity contribution is 6.06. The maximum Gasteiger partial charge on any atom is 0.292 e. The molecule has 0 aliphatic carbocycles. The van der Waals surface area contributed by atoms with Crippen molar-refractivity contribution in [3.63, 3.8) is 0 Å².